The fraction of sp³-hybridized carbons (Fsp3) is 0.500. The first-order valence-corrected chi connectivity index (χ1v) is 6.66. The molecule has 3 N–H and O–H groups in total. The number of amides is 1. The van der Waals surface area contributed by atoms with Crippen LogP contribution in [0, 0.1) is 5.92 Å². The van der Waals surface area contributed by atoms with Gasteiger partial charge in [0.15, 0.2) is 0 Å². The Labute approximate surface area is 113 Å². The van der Waals surface area contributed by atoms with Crippen LogP contribution in [0.5, 0.6) is 0 Å². The summed E-state index contributed by atoms with van der Waals surface area (Å²) in [6.45, 7) is 2.18. The molecule has 2 rings (SSSR count). The van der Waals surface area contributed by atoms with Gasteiger partial charge >= 0.3 is 6.09 Å². The highest BCUT2D eigenvalue weighted by Gasteiger charge is 2.37. The maximum Gasteiger partial charge on any atom is 0.449 e. The molecule has 1 aromatic carbocycles. The van der Waals surface area contributed by atoms with Gasteiger partial charge in [0.1, 0.15) is 19.6 Å². The predicted molar refractivity (Wildman–Crippen MR) is 71.1 cm³/mol. The molecule has 1 aromatic rings. The summed E-state index contributed by atoms with van der Waals surface area (Å²) in [5.41, 5.74) is 3.76. The smallest absolute Gasteiger partial charge is 0.449 e. The lowest BCUT2D eigenvalue weighted by Crippen LogP contribution is -2.63. The number of rotatable bonds is 4. The number of piperidine rings is 1. The largest absolute Gasteiger partial charge is 0.462 e. The van der Waals surface area contributed by atoms with E-state index in [1.165, 1.54) is 0 Å². The van der Waals surface area contributed by atoms with Crippen LogP contribution in [0.4, 0.5) is 4.79 Å². The highest BCUT2D eigenvalue weighted by atomic mass is 16.4. The lowest BCUT2D eigenvalue weighted by molar-refractivity contribution is -0.981. The summed E-state index contributed by atoms with van der Waals surface area (Å²) in [4.78, 5) is 11.1. The molecule has 1 aliphatic heterocycles. The molecule has 0 aliphatic carbocycles. The molecule has 5 heteroatoms. The van der Waals surface area contributed by atoms with Gasteiger partial charge in [-0.1, -0.05) is 30.3 Å². The summed E-state index contributed by atoms with van der Waals surface area (Å²) in [6, 6.07) is 9.88. The van der Waals surface area contributed by atoms with Crippen molar-refractivity contribution in [1.82, 2.24) is 5.43 Å². The molecule has 0 bridgehead atoms. The maximum absolute atomic E-state index is 11.1. The second-order valence-electron chi connectivity index (χ2n) is 5.30. The van der Waals surface area contributed by atoms with Gasteiger partial charge < -0.3 is 10.2 Å². The molecule has 5 nitrogen and oxygen atoms in total. The fourth-order valence-corrected chi connectivity index (χ4v) is 2.93. The van der Waals surface area contributed by atoms with Gasteiger partial charge in [0, 0.05) is 11.5 Å². The van der Waals surface area contributed by atoms with Crippen LogP contribution in [0.3, 0.4) is 0 Å². The van der Waals surface area contributed by atoms with Crippen molar-refractivity contribution in [3.63, 3.8) is 0 Å². The molecule has 0 spiro atoms. The third kappa shape index (κ3) is 3.68. The van der Waals surface area contributed by atoms with Crippen molar-refractivity contribution in [2.45, 2.75) is 19.4 Å². The van der Waals surface area contributed by atoms with Crippen molar-refractivity contribution in [3.8, 4) is 0 Å². The maximum atomic E-state index is 11.1. The summed E-state index contributed by atoms with van der Waals surface area (Å²) in [6.07, 6.45) is 0.889. The van der Waals surface area contributed by atoms with E-state index in [0.717, 1.165) is 24.9 Å². The molecule has 1 heterocycles. The van der Waals surface area contributed by atoms with Crippen LogP contribution in [-0.2, 0) is 6.54 Å². The average molecular weight is 265 g/mol. The fourth-order valence-electron chi connectivity index (χ4n) is 2.93. The number of aliphatic hydroxyl groups excluding tert-OH is 1. The zero-order valence-electron chi connectivity index (χ0n) is 11.0. The van der Waals surface area contributed by atoms with Gasteiger partial charge in [0.25, 0.3) is 0 Å². The van der Waals surface area contributed by atoms with Crippen molar-refractivity contribution in [2.24, 2.45) is 5.92 Å². The number of likely N-dealkylation sites (tertiary alicyclic amines) is 1. The highest BCUT2D eigenvalue weighted by molar-refractivity contribution is 5.62. The van der Waals surface area contributed by atoms with Crippen LogP contribution in [0.1, 0.15) is 18.4 Å². The molecule has 0 saturated carbocycles. The number of carbonyl (C=O) groups is 1. The summed E-state index contributed by atoms with van der Waals surface area (Å²) >= 11 is 0. The summed E-state index contributed by atoms with van der Waals surface area (Å²) in [5, 5.41) is 18.4. The highest BCUT2D eigenvalue weighted by Crippen LogP contribution is 2.24. The number of benzene rings is 1. The number of carboxylic acid groups (broad SMARTS) is 1. The van der Waals surface area contributed by atoms with Crippen LogP contribution < -0.4 is 5.43 Å². The van der Waals surface area contributed by atoms with Crippen molar-refractivity contribution in [1.29, 1.82) is 0 Å². The van der Waals surface area contributed by atoms with Gasteiger partial charge in [-0.2, -0.15) is 5.43 Å². The zero-order valence-corrected chi connectivity index (χ0v) is 11.0. The quantitative estimate of drug-likeness (QED) is 0.724. The minimum Gasteiger partial charge on any atom is -0.462 e. The SMILES string of the molecule is O=C(O)N[N+]1(Cc2ccccc2)CCCC(CO)C1. The molecule has 1 saturated heterocycles. The number of nitrogens with zero attached hydrogens (tertiary/aromatic N) is 1. The number of quaternary nitrogens is 1. The van der Waals surface area contributed by atoms with Crippen LogP contribution in [-0.4, -0.2) is 40.6 Å². The molecule has 0 aromatic heterocycles. The Kier molecular flexibility index (Phi) is 4.39. The van der Waals surface area contributed by atoms with Crippen LogP contribution in [0.15, 0.2) is 30.3 Å². The zero-order chi connectivity index (χ0) is 13.7. The van der Waals surface area contributed by atoms with E-state index in [-0.39, 0.29) is 12.5 Å². The molecule has 19 heavy (non-hydrogen) atoms. The van der Waals surface area contributed by atoms with E-state index in [1.807, 2.05) is 30.3 Å². The minimum absolute atomic E-state index is 0.121. The van der Waals surface area contributed by atoms with E-state index in [4.69, 9.17) is 5.11 Å². The van der Waals surface area contributed by atoms with Crippen molar-refractivity contribution >= 4 is 6.09 Å². The van der Waals surface area contributed by atoms with E-state index >= 15 is 0 Å². The number of hydrogen-bond donors (Lipinski definition) is 3. The van der Waals surface area contributed by atoms with Crippen LogP contribution >= 0.6 is 0 Å². The van der Waals surface area contributed by atoms with E-state index in [0.29, 0.717) is 17.7 Å². The Morgan fingerprint density at radius 1 is 1.37 bits per heavy atom. The minimum atomic E-state index is -1.01. The van der Waals surface area contributed by atoms with Crippen molar-refractivity contribution in [3.05, 3.63) is 35.9 Å². The molecule has 2 atom stereocenters. The van der Waals surface area contributed by atoms with Gasteiger partial charge in [-0.15, -0.1) is 0 Å². The average Bonchev–Trinajstić information content (AvgIpc) is 2.39. The normalized spacial score (nSPS) is 26.9. The Morgan fingerprint density at radius 3 is 2.74 bits per heavy atom. The topological polar surface area (TPSA) is 69.6 Å². The van der Waals surface area contributed by atoms with Crippen LogP contribution in [0.2, 0.25) is 0 Å². The van der Waals surface area contributed by atoms with Gasteiger partial charge in [-0.05, 0) is 12.8 Å². The lowest BCUT2D eigenvalue weighted by Gasteiger charge is -2.42. The first-order valence-electron chi connectivity index (χ1n) is 6.66. The summed E-state index contributed by atoms with van der Waals surface area (Å²) in [5.74, 6) is 0.171. The molecule has 1 aliphatic rings. The molecule has 104 valence electrons. The first kappa shape index (κ1) is 13.8. The number of hydrogen-bond acceptors (Lipinski definition) is 2. The van der Waals surface area contributed by atoms with Crippen molar-refractivity contribution < 1.29 is 19.6 Å². The van der Waals surface area contributed by atoms with Gasteiger partial charge in [0.05, 0.1) is 6.61 Å². The van der Waals surface area contributed by atoms with E-state index in [1.54, 1.807) is 0 Å². The van der Waals surface area contributed by atoms with Crippen LogP contribution in [0.25, 0.3) is 0 Å². The number of nitrogens with one attached hydrogen (secondary N) is 1. The standard InChI is InChI=1S/C14H20N2O3/c17-11-13-7-4-8-16(10-13,15-14(18)19)9-12-5-2-1-3-6-12/h1-3,5-6,13,15,17H,4,7-11H2/p+1. The van der Waals surface area contributed by atoms with Gasteiger partial charge in [-0.25, -0.2) is 9.39 Å². The third-order valence-electron chi connectivity index (χ3n) is 3.73. The van der Waals surface area contributed by atoms with Gasteiger partial charge in [0.2, 0.25) is 0 Å². The molecule has 2 unspecified atom stereocenters. The Balaban J connectivity index is 2.16. The van der Waals surface area contributed by atoms with E-state index in [9.17, 15) is 9.90 Å². The molecular weight excluding hydrogens is 244 g/mol. The Hall–Kier alpha value is -1.59. The van der Waals surface area contributed by atoms with E-state index < -0.39 is 6.09 Å². The Morgan fingerprint density at radius 2 is 2.11 bits per heavy atom. The Bertz CT molecular complexity index is 424. The molecule has 1 amide bonds. The molecule has 0 radical (unpaired) electrons. The second kappa shape index (κ2) is 6.04. The first-order chi connectivity index (χ1) is 9.13. The summed E-state index contributed by atoms with van der Waals surface area (Å²) in [7, 11) is 0. The predicted octanol–water partition coefficient (Wildman–Crippen LogP) is 1.59. The second-order valence-corrected chi connectivity index (χ2v) is 5.30. The van der Waals surface area contributed by atoms with Gasteiger partial charge in [-0.3, -0.25) is 0 Å². The van der Waals surface area contributed by atoms with Crippen molar-refractivity contribution in [2.75, 3.05) is 19.7 Å². The number of aliphatic hydroxyl groups is 1. The monoisotopic (exact) mass is 265 g/mol. The third-order valence-corrected chi connectivity index (χ3v) is 3.73. The van der Waals surface area contributed by atoms with E-state index in [2.05, 4.69) is 5.43 Å². The molecular formula is C14H21N2O3+. The molecule has 1 fully saturated rings. The lowest BCUT2D eigenvalue weighted by atomic mass is 9.97. The summed E-state index contributed by atoms with van der Waals surface area (Å²) < 4.78 is 0.310.